The molecule has 4 nitrogen and oxygen atoms in total. The van der Waals surface area contributed by atoms with Gasteiger partial charge in [-0.2, -0.15) is 0 Å². The van der Waals surface area contributed by atoms with E-state index >= 15 is 0 Å². The molecule has 0 spiro atoms. The summed E-state index contributed by atoms with van der Waals surface area (Å²) in [5.74, 6) is -0.952. The van der Waals surface area contributed by atoms with E-state index in [1.807, 2.05) is 45.0 Å². The van der Waals surface area contributed by atoms with Crippen molar-refractivity contribution < 1.29 is 14.6 Å². The molecule has 184 valence electrons. The summed E-state index contributed by atoms with van der Waals surface area (Å²) >= 11 is 6.21. The first-order chi connectivity index (χ1) is 16.1. The molecule has 2 aliphatic rings. The number of benzene rings is 2. The van der Waals surface area contributed by atoms with Crippen molar-refractivity contribution in [2.45, 2.75) is 97.4 Å². The molecule has 0 radical (unpaired) electrons. The Balaban J connectivity index is 1.89. The van der Waals surface area contributed by atoms with Crippen molar-refractivity contribution >= 4 is 17.6 Å². The molecule has 1 saturated carbocycles. The molecule has 34 heavy (non-hydrogen) atoms. The summed E-state index contributed by atoms with van der Waals surface area (Å²) in [7, 11) is 0. The third-order valence-corrected chi connectivity index (χ3v) is 7.76. The molecule has 0 amide bonds. The van der Waals surface area contributed by atoms with E-state index in [1.165, 1.54) is 48.8 Å². The van der Waals surface area contributed by atoms with Gasteiger partial charge in [0.25, 0.3) is 0 Å². The normalized spacial score (nSPS) is 18.5. The molecule has 5 heteroatoms. The maximum absolute atomic E-state index is 12.6. The van der Waals surface area contributed by atoms with Crippen molar-refractivity contribution in [3.05, 3.63) is 57.1 Å². The summed E-state index contributed by atoms with van der Waals surface area (Å²) in [4.78, 5) is 15.2. The quantitative estimate of drug-likeness (QED) is 0.486. The van der Waals surface area contributed by atoms with E-state index in [0.717, 1.165) is 41.8 Å². The monoisotopic (exact) mass is 483 g/mol. The second-order valence-electron chi connectivity index (χ2n) is 11.0. The van der Waals surface area contributed by atoms with Crippen LogP contribution in [0.5, 0.6) is 0 Å². The van der Waals surface area contributed by atoms with Crippen LogP contribution in [0.15, 0.2) is 24.3 Å². The lowest BCUT2D eigenvalue weighted by Crippen LogP contribution is -2.41. The van der Waals surface area contributed by atoms with Gasteiger partial charge in [0.05, 0.1) is 5.60 Å². The van der Waals surface area contributed by atoms with Gasteiger partial charge >= 0.3 is 5.97 Å². The molecule has 2 aromatic carbocycles. The third kappa shape index (κ3) is 5.19. The Bertz CT molecular complexity index is 1050. The van der Waals surface area contributed by atoms with Gasteiger partial charge in [-0.1, -0.05) is 43.0 Å². The number of hydrogen-bond acceptors (Lipinski definition) is 3. The zero-order valence-electron chi connectivity index (χ0n) is 21.2. The second kappa shape index (κ2) is 10.0. The van der Waals surface area contributed by atoms with E-state index in [9.17, 15) is 9.90 Å². The number of aliphatic carboxylic acids is 1. The van der Waals surface area contributed by atoms with Gasteiger partial charge in [-0.25, -0.2) is 4.79 Å². The summed E-state index contributed by atoms with van der Waals surface area (Å²) in [5.41, 5.74) is 7.06. The SMILES string of the molecule is Cc1c2c(c(C)c(C(OC(C)(C)C)C(=O)O)c1-c1ccc(Cl)cc1)CCN(C1CCCCC1)C2. The predicted molar refractivity (Wildman–Crippen MR) is 139 cm³/mol. The summed E-state index contributed by atoms with van der Waals surface area (Å²) in [6.07, 6.45) is 6.50. The number of hydrogen-bond donors (Lipinski definition) is 1. The molecule has 1 aliphatic heterocycles. The number of fused-ring (bicyclic) bond motifs is 1. The molecular weight excluding hydrogens is 446 g/mol. The van der Waals surface area contributed by atoms with E-state index in [1.54, 1.807) is 0 Å². The summed E-state index contributed by atoms with van der Waals surface area (Å²) in [5, 5.41) is 11.0. The van der Waals surface area contributed by atoms with Gasteiger partial charge < -0.3 is 9.84 Å². The van der Waals surface area contributed by atoms with Crippen molar-refractivity contribution in [3.63, 3.8) is 0 Å². The Morgan fingerprint density at radius 2 is 1.71 bits per heavy atom. The van der Waals surface area contributed by atoms with Crippen LogP contribution >= 0.6 is 11.6 Å². The molecule has 1 aliphatic carbocycles. The Labute approximate surface area is 209 Å². The molecule has 4 rings (SSSR count). The standard InChI is InChI=1S/C29H38ClNO3/c1-18-23-15-16-31(22-9-7-6-8-10-22)17-24(23)19(2)25(20-11-13-21(30)14-12-20)26(18)27(28(32)33)34-29(3,4)5/h11-14,22,27H,6-10,15-17H2,1-5H3,(H,32,33). The van der Waals surface area contributed by atoms with Crippen LogP contribution in [0.2, 0.25) is 5.02 Å². The highest BCUT2D eigenvalue weighted by Crippen LogP contribution is 2.43. The molecule has 0 aromatic heterocycles. The van der Waals surface area contributed by atoms with Gasteiger partial charge in [-0.3, -0.25) is 4.90 Å². The Kier molecular flexibility index (Phi) is 7.42. The van der Waals surface area contributed by atoms with Crippen molar-refractivity contribution in [3.8, 4) is 11.1 Å². The molecule has 0 saturated heterocycles. The molecule has 1 fully saturated rings. The van der Waals surface area contributed by atoms with Crippen LogP contribution in [-0.2, 0) is 22.5 Å². The minimum atomic E-state index is -1.04. The van der Waals surface area contributed by atoms with Gasteiger partial charge in [0, 0.05) is 29.7 Å². The lowest BCUT2D eigenvalue weighted by molar-refractivity contribution is -0.160. The zero-order valence-corrected chi connectivity index (χ0v) is 22.0. The van der Waals surface area contributed by atoms with Crippen molar-refractivity contribution in [2.24, 2.45) is 0 Å². The first kappa shape index (κ1) is 25.2. The summed E-state index contributed by atoms with van der Waals surface area (Å²) in [6.45, 7) is 12.0. The highest BCUT2D eigenvalue weighted by atomic mass is 35.5. The number of rotatable bonds is 5. The van der Waals surface area contributed by atoms with E-state index in [4.69, 9.17) is 16.3 Å². The molecule has 2 aromatic rings. The van der Waals surface area contributed by atoms with E-state index in [-0.39, 0.29) is 0 Å². The molecule has 1 atom stereocenters. The maximum atomic E-state index is 12.6. The molecule has 0 bridgehead atoms. The minimum Gasteiger partial charge on any atom is -0.479 e. The number of ether oxygens (including phenoxy) is 1. The van der Waals surface area contributed by atoms with E-state index < -0.39 is 17.7 Å². The number of nitrogens with zero attached hydrogens (tertiary/aromatic N) is 1. The highest BCUT2D eigenvalue weighted by molar-refractivity contribution is 6.30. The lowest BCUT2D eigenvalue weighted by Gasteiger charge is -2.40. The molecule has 1 heterocycles. The molecule has 1 unspecified atom stereocenters. The first-order valence-corrected chi connectivity index (χ1v) is 13.0. The van der Waals surface area contributed by atoms with Crippen LogP contribution in [0.1, 0.15) is 86.8 Å². The summed E-state index contributed by atoms with van der Waals surface area (Å²) in [6, 6.07) is 8.42. The largest absolute Gasteiger partial charge is 0.479 e. The Hall–Kier alpha value is -1.88. The van der Waals surface area contributed by atoms with E-state index in [0.29, 0.717) is 11.1 Å². The highest BCUT2D eigenvalue weighted by Gasteiger charge is 2.35. The fourth-order valence-electron chi connectivity index (χ4n) is 5.91. The average Bonchev–Trinajstić information content (AvgIpc) is 2.80. The molecule has 1 N–H and O–H groups in total. The number of halogens is 1. The van der Waals surface area contributed by atoms with E-state index in [2.05, 4.69) is 18.7 Å². The second-order valence-corrected chi connectivity index (χ2v) is 11.4. The number of carboxylic acid groups (broad SMARTS) is 1. The van der Waals surface area contributed by atoms with Crippen LogP contribution < -0.4 is 0 Å². The molecular formula is C29H38ClNO3. The summed E-state index contributed by atoms with van der Waals surface area (Å²) < 4.78 is 6.18. The smallest absolute Gasteiger partial charge is 0.337 e. The lowest BCUT2D eigenvalue weighted by atomic mass is 9.79. The van der Waals surface area contributed by atoms with Crippen LogP contribution in [0.25, 0.3) is 11.1 Å². The van der Waals surface area contributed by atoms with Crippen LogP contribution in [0, 0.1) is 13.8 Å². The van der Waals surface area contributed by atoms with Gasteiger partial charge in [0.15, 0.2) is 6.10 Å². The average molecular weight is 484 g/mol. The Morgan fingerprint density at radius 3 is 2.29 bits per heavy atom. The van der Waals surface area contributed by atoms with Gasteiger partial charge in [-0.05, 0) is 99.4 Å². The van der Waals surface area contributed by atoms with Gasteiger partial charge in [-0.15, -0.1) is 0 Å². The number of carbonyl (C=O) groups is 1. The van der Waals surface area contributed by atoms with Crippen LogP contribution in [0.4, 0.5) is 0 Å². The van der Waals surface area contributed by atoms with Crippen LogP contribution in [-0.4, -0.2) is 34.2 Å². The fraction of sp³-hybridized carbons (Fsp3) is 0.552. The third-order valence-electron chi connectivity index (χ3n) is 7.51. The zero-order chi connectivity index (χ0) is 24.6. The predicted octanol–water partition coefficient (Wildman–Crippen LogP) is 7.26. The topological polar surface area (TPSA) is 49.8 Å². The minimum absolute atomic E-state index is 0.589. The number of carboxylic acids is 1. The fourth-order valence-corrected chi connectivity index (χ4v) is 6.03. The van der Waals surface area contributed by atoms with Gasteiger partial charge in [0.1, 0.15) is 0 Å². The maximum Gasteiger partial charge on any atom is 0.337 e. The van der Waals surface area contributed by atoms with Crippen molar-refractivity contribution in [1.82, 2.24) is 4.90 Å². The van der Waals surface area contributed by atoms with Crippen LogP contribution in [0.3, 0.4) is 0 Å². The van der Waals surface area contributed by atoms with Crippen molar-refractivity contribution in [1.29, 1.82) is 0 Å². The Morgan fingerprint density at radius 1 is 1.06 bits per heavy atom. The van der Waals surface area contributed by atoms with Gasteiger partial charge in [0.2, 0.25) is 0 Å². The first-order valence-electron chi connectivity index (χ1n) is 12.6. The van der Waals surface area contributed by atoms with Crippen molar-refractivity contribution in [2.75, 3.05) is 6.54 Å².